The first-order chi connectivity index (χ1) is 8.60. The predicted octanol–water partition coefficient (Wildman–Crippen LogP) is 2.06. The Morgan fingerprint density at radius 2 is 2.28 bits per heavy atom. The van der Waals surface area contributed by atoms with Crippen molar-refractivity contribution in [3.8, 4) is 0 Å². The predicted molar refractivity (Wildman–Crippen MR) is 68.1 cm³/mol. The molecular formula is C13H23N3O2. The van der Waals surface area contributed by atoms with Crippen LogP contribution in [0.5, 0.6) is 0 Å². The zero-order chi connectivity index (χ0) is 13.2. The van der Waals surface area contributed by atoms with Crippen LogP contribution in [0.2, 0.25) is 0 Å². The van der Waals surface area contributed by atoms with Gasteiger partial charge in [-0.3, -0.25) is 0 Å². The van der Waals surface area contributed by atoms with Crippen molar-refractivity contribution in [3.05, 3.63) is 11.7 Å². The van der Waals surface area contributed by atoms with Crippen LogP contribution in [-0.4, -0.2) is 28.9 Å². The fourth-order valence-electron chi connectivity index (χ4n) is 2.69. The van der Waals surface area contributed by atoms with E-state index in [0.29, 0.717) is 30.4 Å². The van der Waals surface area contributed by atoms with E-state index in [1.165, 1.54) is 0 Å². The third-order valence-corrected chi connectivity index (χ3v) is 4.18. The van der Waals surface area contributed by atoms with Gasteiger partial charge in [0.1, 0.15) is 0 Å². The highest BCUT2D eigenvalue weighted by Crippen LogP contribution is 2.45. The first-order valence-corrected chi connectivity index (χ1v) is 6.74. The van der Waals surface area contributed by atoms with Crippen molar-refractivity contribution >= 4 is 0 Å². The summed E-state index contributed by atoms with van der Waals surface area (Å²) in [4.78, 5) is 4.20. The summed E-state index contributed by atoms with van der Waals surface area (Å²) >= 11 is 0. The molecule has 1 aliphatic rings. The summed E-state index contributed by atoms with van der Waals surface area (Å²) in [5.74, 6) is 1.34. The van der Waals surface area contributed by atoms with Gasteiger partial charge in [0, 0.05) is 18.1 Å². The van der Waals surface area contributed by atoms with Gasteiger partial charge in [-0.25, -0.2) is 0 Å². The molecule has 0 aliphatic heterocycles. The van der Waals surface area contributed by atoms with Gasteiger partial charge in [0.05, 0.1) is 12.6 Å². The molecule has 18 heavy (non-hydrogen) atoms. The topological polar surface area (TPSA) is 60.2 Å². The Balaban J connectivity index is 1.87. The second-order valence-corrected chi connectivity index (χ2v) is 5.21. The Labute approximate surface area is 108 Å². The molecule has 5 heteroatoms. The van der Waals surface area contributed by atoms with Gasteiger partial charge in [0.25, 0.3) is 0 Å². The van der Waals surface area contributed by atoms with E-state index in [-0.39, 0.29) is 5.41 Å². The maximum Gasteiger partial charge on any atom is 0.240 e. The standard InChI is InChI=1S/C13H23N3O2/c1-5-13(4)10(7-11(13)17-6-2)14-8-12-15-9(3)16-18-12/h10-11,14H,5-8H2,1-4H3. The minimum atomic E-state index is 0.213. The molecule has 1 heterocycles. The minimum absolute atomic E-state index is 0.213. The van der Waals surface area contributed by atoms with E-state index < -0.39 is 0 Å². The van der Waals surface area contributed by atoms with E-state index in [9.17, 15) is 0 Å². The molecule has 0 spiro atoms. The zero-order valence-corrected chi connectivity index (χ0v) is 11.7. The van der Waals surface area contributed by atoms with E-state index in [2.05, 4.69) is 36.2 Å². The Hall–Kier alpha value is -0.940. The number of ether oxygens (including phenoxy) is 1. The molecule has 1 saturated carbocycles. The molecule has 102 valence electrons. The maximum absolute atomic E-state index is 5.78. The normalized spacial score (nSPS) is 31.3. The van der Waals surface area contributed by atoms with E-state index in [1.807, 2.05) is 6.92 Å². The highest BCUT2D eigenvalue weighted by molar-refractivity contribution is 5.05. The molecule has 1 aliphatic carbocycles. The molecule has 0 bridgehead atoms. The van der Waals surface area contributed by atoms with Crippen molar-refractivity contribution in [3.63, 3.8) is 0 Å². The Kier molecular flexibility index (Phi) is 4.02. The monoisotopic (exact) mass is 253 g/mol. The number of rotatable bonds is 6. The van der Waals surface area contributed by atoms with Crippen LogP contribution in [0, 0.1) is 12.3 Å². The largest absolute Gasteiger partial charge is 0.378 e. The van der Waals surface area contributed by atoms with Gasteiger partial charge >= 0.3 is 0 Å². The van der Waals surface area contributed by atoms with Crippen molar-refractivity contribution in [1.29, 1.82) is 0 Å². The second-order valence-electron chi connectivity index (χ2n) is 5.21. The molecule has 3 unspecified atom stereocenters. The highest BCUT2D eigenvalue weighted by atomic mass is 16.5. The molecule has 1 aromatic heterocycles. The van der Waals surface area contributed by atoms with Crippen molar-refractivity contribution in [2.45, 2.75) is 59.2 Å². The number of hydrogen-bond acceptors (Lipinski definition) is 5. The van der Waals surface area contributed by atoms with Gasteiger partial charge in [-0.15, -0.1) is 0 Å². The molecule has 0 radical (unpaired) electrons. The van der Waals surface area contributed by atoms with Crippen LogP contribution in [0.25, 0.3) is 0 Å². The average Bonchev–Trinajstić information content (AvgIpc) is 2.77. The first kappa shape index (κ1) is 13.5. The molecule has 1 N–H and O–H groups in total. The van der Waals surface area contributed by atoms with E-state index >= 15 is 0 Å². The summed E-state index contributed by atoms with van der Waals surface area (Å²) in [7, 11) is 0. The van der Waals surface area contributed by atoms with Crippen LogP contribution in [0.15, 0.2) is 4.52 Å². The van der Waals surface area contributed by atoms with E-state index in [0.717, 1.165) is 19.4 Å². The Morgan fingerprint density at radius 1 is 1.50 bits per heavy atom. The van der Waals surface area contributed by atoms with Gasteiger partial charge in [-0.2, -0.15) is 4.98 Å². The highest BCUT2D eigenvalue weighted by Gasteiger charge is 2.50. The smallest absolute Gasteiger partial charge is 0.240 e. The fraction of sp³-hybridized carbons (Fsp3) is 0.846. The van der Waals surface area contributed by atoms with Crippen LogP contribution in [0.1, 0.15) is 45.3 Å². The maximum atomic E-state index is 5.78. The third-order valence-electron chi connectivity index (χ3n) is 4.18. The molecule has 1 fully saturated rings. The molecule has 0 aromatic carbocycles. The zero-order valence-electron chi connectivity index (χ0n) is 11.7. The van der Waals surface area contributed by atoms with Crippen molar-refractivity contribution in [1.82, 2.24) is 15.5 Å². The first-order valence-electron chi connectivity index (χ1n) is 6.74. The molecule has 2 rings (SSSR count). The summed E-state index contributed by atoms with van der Waals surface area (Å²) in [6, 6.07) is 0.464. The number of aryl methyl sites for hydroxylation is 1. The van der Waals surface area contributed by atoms with Crippen molar-refractivity contribution < 1.29 is 9.26 Å². The molecular weight excluding hydrogens is 230 g/mol. The second kappa shape index (κ2) is 5.36. The van der Waals surface area contributed by atoms with Gasteiger partial charge in [-0.1, -0.05) is 19.0 Å². The lowest BCUT2D eigenvalue weighted by Gasteiger charge is -2.53. The number of nitrogens with one attached hydrogen (secondary N) is 1. The van der Waals surface area contributed by atoms with Crippen LogP contribution in [0.3, 0.4) is 0 Å². The Bertz CT molecular complexity index is 393. The SMILES string of the molecule is CCOC1CC(NCc2nc(C)no2)C1(C)CC. The minimum Gasteiger partial charge on any atom is -0.378 e. The molecule has 3 atom stereocenters. The summed E-state index contributed by atoms with van der Waals surface area (Å²) in [6.45, 7) is 9.82. The van der Waals surface area contributed by atoms with Crippen LogP contribution >= 0.6 is 0 Å². The van der Waals surface area contributed by atoms with E-state index in [1.54, 1.807) is 0 Å². The summed E-state index contributed by atoms with van der Waals surface area (Å²) < 4.78 is 10.9. The van der Waals surface area contributed by atoms with E-state index in [4.69, 9.17) is 9.26 Å². The van der Waals surface area contributed by atoms with Crippen LogP contribution < -0.4 is 5.32 Å². The summed E-state index contributed by atoms with van der Waals surface area (Å²) in [5.41, 5.74) is 0.213. The third kappa shape index (κ3) is 2.42. The number of hydrogen-bond donors (Lipinski definition) is 1. The summed E-state index contributed by atoms with van der Waals surface area (Å²) in [6.07, 6.45) is 2.54. The van der Waals surface area contributed by atoms with Crippen molar-refractivity contribution in [2.24, 2.45) is 5.41 Å². The molecule has 0 saturated heterocycles. The molecule has 0 amide bonds. The quantitative estimate of drug-likeness (QED) is 0.841. The van der Waals surface area contributed by atoms with Crippen LogP contribution in [-0.2, 0) is 11.3 Å². The lowest BCUT2D eigenvalue weighted by molar-refractivity contribution is -0.126. The number of aromatic nitrogens is 2. The lowest BCUT2D eigenvalue weighted by atomic mass is 9.61. The van der Waals surface area contributed by atoms with Gasteiger partial charge in [0.2, 0.25) is 5.89 Å². The fourth-order valence-corrected chi connectivity index (χ4v) is 2.69. The van der Waals surface area contributed by atoms with Crippen molar-refractivity contribution in [2.75, 3.05) is 6.61 Å². The average molecular weight is 253 g/mol. The lowest BCUT2D eigenvalue weighted by Crippen LogP contribution is -2.61. The van der Waals surface area contributed by atoms with Gasteiger partial charge in [-0.05, 0) is 26.7 Å². The number of nitrogens with zero attached hydrogens (tertiary/aromatic N) is 2. The molecule has 1 aromatic rings. The van der Waals surface area contributed by atoms with Gasteiger partial charge < -0.3 is 14.6 Å². The van der Waals surface area contributed by atoms with Crippen LogP contribution in [0.4, 0.5) is 0 Å². The Morgan fingerprint density at radius 3 is 2.83 bits per heavy atom. The summed E-state index contributed by atoms with van der Waals surface area (Å²) in [5, 5.41) is 7.29. The van der Waals surface area contributed by atoms with Gasteiger partial charge in [0.15, 0.2) is 5.82 Å². The molecule has 5 nitrogen and oxygen atoms in total.